The molecule has 0 aromatic heterocycles. The van der Waals surface area contributed by atoms with Gasteiger partial charge in [0.1, 0.15) is 0 Å². The number of carboxylic acids is 1. The van der Waals surface area contributed by atoms with E-state index in [9.17, 15) is 4.79 Å². The van der Waals surface area contributed by atoms with Crippen molar-refractivity contribution in [2.45, 2.75) is 25.8 Å². The number of carbonyl (C=O) groups is 1. The topological polar surface area (TPSA) is 67.8 Å². The lowest BCUT2D eigenvalue weighted by atomic mass is 9.94. The molecule has 2 heterocycles. The maximum Gasteiger partial charge on any atom is 0.307 e. The van der Waals surface area contributed by atoms with E-state index in [-0.39, 0.29) is 18.8 Å². The number of ether oxygens (including phenoxy) is 2. The molecule has 0 saturated carbocycles. The number of halogens is 1. The summed E-state index contributed by atoms with van der Waals surface area (Å²) in [5.74, 6) is 0.475. The monoisotopic (exact) mass is 341 g/mol. The van der Waals surface area contributed by atoms with Crippen molar-refractivity contribution in [2.75, 3.05) is 13.3 Å². The van der Waals surface area contributed by atoms with Crippen molar-refractivity contribution in [1.29, 1.82) is 0 Å². The minimum atomic E-state index is -0.738. The van der Waals surface area contributed by atoms with Crippen LogP contribution in [0.5, 0.6) is 11.5 Å². The summed E-state index contributed by atoms with van der Waals surface area (Å²) in [7, 11) is 0. The van der Waals surface area contributed by atoms with Gasteiger partial charge < -0.3 is 19.9 Å². The highest BCUT2D eigenvalue weighted by Gasteiger charge is 2.33. The Bertz CT molecular complexity index is 561. The van der Waals surface area contributed by atoms with E-state index in [2.05, 4.69) is 28.2 Å². The van der Waals surface area contributed by atoms with Gasteiger partial charge in [-0.2, -0.15) is 0 Å². The van der Waals surface area contributed by atoms with E-state index < -0.39 is 5.97 Å². The van der Waals surface area contributed by atoms with Crippen molar-refractivity contribution in [3.63, 3.8) is 0 Å². The zero-order chi connectivity index (χ0) is 14.3. The average molecular weight is 342 g/mol. The minimum absolute atomic E-state index is 0.0526. The van der Waals surface area contributed by atoms with Gasteiger partial charge in [0.15, 0.2) is 11.5 Å². The fourth-order valence-electron chi connectivity index (χ4n) is 2.94. The lowest BCUT2D eigenvalue weighted by molar-refractivity contribution is -0.141. The number of fused-ring (bicyclic) bond motifs is 1. The van der Waals surface area contributed by atoms with E-state index in [0.717, 1.165) is 33.5 Å². The summed E-state index contributed by atoms with van der Waals surface area (Å²) in [5, 5.41) is 12.4. The van der Waals surface area contributed by atoms with Gasteiger partial charge in [-0.25, -0.2) is 0 Å². The van der Waals surface area contributed by atoms with Gasteiger partial charge >= 0.3 is 5.97 Å². The van der Waals surface area contributed by atoms with Crippen LogP contribution < -0.4 is 14.8 Å². The Labute approximate surface area is 125 Å². The van der Waals surface area contributed by atoms with Gasteiger partial charge in [-0.3, -0.25) is 4.79 Å². The summed E-state index contributed by atoms with van der Waals surface area (Å²) in [4.78, 5) is 11.1. The minimum Gasteiger partial charge on any atom is -0.481 e. The summed E-state index contributed by atoms with van der Waals surface area (Å²) in [5.41, 5.74) is 2.21. The lowest BCUT2D eigenvalue weighted by Crippen LogP contribution is -2.17. The molecule has 0 aliphatic carbocycles. The Morgan fingerprint density at radius 1 is 1.50 bits per heavy atom. The van der Waals surface area contributed by atoms with E-state index in [1.54, 1.807) is 0 Å². The van der Waals surface area contributed by atoms with Gasteiger partial charge in [0.05, 0.1) is 10.4 Å². The SMILES string of the molecule is CCc1c(C2CC(C(=O)O)CN2)cc(Br)c2c1OCO2. The number of nitrogens with one attached hydrogen (secondary N) is 1. The summed E-state index contributed by atoms with van der Waals surface area (Å²) < 4.78 is 11.9. The first kappa shape index (κ1) is 13.7. The van der Waals surface area contributed by atoms with E-state index >= 15 is 0 Å². The maximum atomic E-state index is 11.1. The van der Waals surface area contributed by atoms with E-state index in [1.165, 1.54) is 0 Å². The van der Waals surface area contributed by atoms with E-state index in [1.807, 2.05) is 6.07 Å². The molecular formula is C14H16BrNO4. The van der Waals surface area contributed by atoms with E-state index in [4.69, 9.17) is 14.6 Å². The van der Waals surface area contributed by atoms with Gasteiger partial charge in [0.2, 0.25) is 6.79 Å². The molecule has 0 amide bonds. The Morgan fingerprint density at radius 3 is 2.90 bits per heavy atom. The lowest BCUT2D eigenvalue weighted by Gasteiger charge is -2.18. The second kappa shape index (κ2) is 5.26. The zero-order valence-electron chi connectivity index (χ0n) is 11.1. The number of hydrogen-bond donors (Lipinski definition) is 2. The Balaban J connectivity index is 1.98. The second-order valence-corrected chi connectivity index (χ2v) is 5.93. The summed E-state index contributed by atoms with van der Waals surface area (Å²) in [6.45, 7) is 2.81. The Kier molecular flexibility index (Phi) is 3.60. The molecule has 1 saturated heterocycles. The largest absolute Gasteiger partial charge is 0.481 e. The van der Waals surface area contributed by atoms with Crippen LogP contribution in [0.2, 0.25) is 0 Å². The molecule has 2 unspecified atom stereocenters. The molecule has 1 aromatic rings. The number of hydrogen-bond acceptors (Lipinski definition) is 4. The fraction of sp³-hybridized carbons (Fsp3) is 0.500. The van der Waals surface area contributed by atoms with E-state index in [0.29, 0.717) is 13.0 Å². The summed E-state index contributed by atoms with van der Waals surface area (Å²) in [6.07, 6.45) is 1.43. The first-order chi connectivity index (χ1) is 9.61. The van der Waals surface area contributed by atoms with Crippen molar-refractivity contribution in [3.8, 4) is 11.5 Å². The van der Waals surface area contributed by atoms with Crippen LogP contribution in [0.4, 0.5) is 0 Å². The van der Waals surface area contributed by atoms with Crippen LogP contribution in [0.1, 0.15) is 30.5 Å². The van der Waals surface area contributed by atoms with Crippen LogP contribution in [0, 0.1) is 5.92 Å². The average Bonchev–Trinajstić information content (AvgIpc) is 3.07. The van der Waals surface area contributed by atoms with Crippen molar-refractivity contribution in [2.24, 2.45) is 5.92 Å². The predicted octanol–water partition coefficient (Wildman–Crippen LogP) is 2.48. The van der Waals surface area contributed by atoms with Gasteiger partial charge in [-0.1, -0.05) is 6.92 Å². The molecule has 1 aromatic carbocycles. The van der Waals surface area contributed by atoms with Gasteiger partial charge in [0, 0.05) is 18.2 Å². The standard InChI is InChI=1S/C14H16BrNO4/c1-2-8-9(11-3-7(5-16-11)14(17)18)4-10(15)13-12(8)19-6-20-13/h4,7,11,16H,2-3,5-6H2,1H3,(H,17,18). The first-order valence-electron chi connectivity index (χ1n) is 6.68. The first-order valence-corrected chi connectivity index (χ1v) is 7.48. The number of aliphatic carboxylic acids is 1. The molecule has 2 aliphatic rings. The zero-order valence-corrected chi connectivity index (χ0v) is 12.7. The van der Waals surface area contributed by atoms with Gasteiger partial charge in [-0.15, -0.1) is 0 Å². The van der Waals surface area contributed by atoms with Crippen molar-refractivity contribution in [1.82, 2.24) is 5.32 Å². The van der Waals surface area contributed by atoms with Gasteiger partial charge in [0.25, 0.3) is 0 Å². The van der Waals surface area contributed by atoms with Crippen molar-refractivity contribution in [3.05, 3.63) is 21.7 Å². The molecule has 3 rings (SSSR count). The fourth-order valence-corrected chi connectivity index (χ4v) is 3.48. The van der Waals surface area contributed by atoms with Crippen molar-refractivity contribution < 1.29 is 19.4 Å². The number of benzene rings is 1. The molecule has 5 nitrogen and oxygen atoms in total. The van der Waals surface area contributed by atoms with Crippen LogP contribution in [0.15, 0.2) is 10.5 Å². The molecular weight excluding hydrogens is 326 g/mol. The molecule has 6 heteroatoms. The van der Waals surface area contributed by atoms with Crippen LogP contribution >= 0.6 is 15.9 Å². The Morgan fingerprint density at radius 2 is 2.25 bits per heavy atom. The van der Waals surface area contributed by atoms with Gasteiger partial charge in [-0.05, 0) is 40.4 Å². The summed E-state index contributed by atoms with van der Waals surface area (Å²) >= 11 is 3.50. The molecule has 2 atom stereocenters. The Hall–Kier alpha value is -1.27. The van der Waals surface area contributed by atoms with Crippen LogP contribution in [-0.2, 0) is 11.2 Å². The maximum absolute atomic E-state index is 11.1. The highest BCUT2D eigenvalue weighted by molar-refractivity contribution is 9.10. The van der Waals surface area contributed by atoms with Crippen LogP contribution in [0.3, 0.4) is 0 Å². The normalized spacial score (nSPS) is 24.1. The number of carboxylic acid groups (broad SMARTS) is 1. The molecule has 0 radical (unpaired) electrons. The molecule has 1 fully saturated rings. The molecule has 2 aliphatic heterocycles. The highest BCUT2D eigenvalue weighted by atomic mass is 79.9. The third-order valence-corrected chi connectivity index (χ3v) is 4.53. The quantitative estimate of drug-likeness (QED) is 0.883. The summed E-state index contributed by atoms with van der Waals surface area (Å²) in [6, 6.07) is 2.07. The second-order valence-electron chi connectivity index (χ2n) is 5.08. The molecule has 0 bridgehead atoms. The highest BCUT2D eigenvalue weighted by Crippen LogP contribution is 2.46. The molecule has 2 N–H and O–H groups in total. The predicted molar refractivity (Wildman–Crippen MR) is 76.1 cm³/mol. The van der Waals surface area contributed by atoms with Crippen LogP contribution in [0.25, 0.3) is 0 Å². The third-order valence-electron chi connectivity index (χ3n) is 3.94. The smallest absolute Gasteiger partial charge is 0.307 e. The third kappa shape index (κ3) is 2.16. The van der Waals surface area contributed by atoms with Crippen molar-refractivity contribution >= 4 is 21.9 Å². The molecule has 108 valence electrons. The van der Waals surface area contributed by atoms with Crippen LogP contribution in [-0.4, -0.2) is 24.4 Å². The molecule has 20 heavy (non-hydrogen) atoms. The number of rotatable bonds is 3. The molecule has 0 spiro atoms.